The molecule has 1 saturated heterocycles. The van der Waals surface area contributed by atoms with Gasteiger partial charge in [-0.3, -0.25) is 9.69 Å². The molecule has 1 fully saturated rings. The average Bonchev–Trinajstić information content (AvgIpc) is 3.15. The Kier molecular flexibility index (Phi) is 7.43. The van der Waals surface area contributed by atoms with Gasteiger partial charge in [-0.15, -0.1) is 0 Å². The minimum absolute atomic E-state index is 0.0693. The molecule has 0 radical (unpaired) electrons. The van der Waals surface area contributed by atoms with Gasteiger partial charge >= 0.3 is 0 Å². The largest absolute Gasteiger partial charge is 0.497 e. The number of amidine groups is 1. The number of hydrogen-bond acceptors (Lipinski definition) is 6. The van der Waals surface area contributed by atoms with E-state index < -0.39 is 0 Å². The molecule has 1 amide bonds. The Hall–Kier alpha value is -3.45. The van der Waals surface area contributed by atoms with Gasteiger partial charge in [0.05, 0.1) is 30.9 Å². The van der Waals surface area contributed by atoms with Crippen molar-refractivity contribution in [2.75, 3.05) is 26.9 Å². The molecule has 34 heavy (non-hydrogen) atoms. The molecule has 0 bridgehead atoms. The van der Waals surface area contributed by atoms with E-state index in [1.807, 2.05) is 81.4 Å². The number of nitrogens with zero attached hydrogens (tertiary/aromatic N) is 2. The van der Waals surface area contributed by atoms with Gasteiger partial charge in [-0.25, -0.2) is 4.99 Å². The zero-order chi connectivity index (χ0) is 24.1. The van der Waals surface area contributed by atoms with Gasteiger partial charge in [0, 0.05) is 12.1 Å². The molecule has 3 aromatic rings. The predicted molar refractivity (Wildman–Crippen MR) is 139 cm³/mol. The Morgan fingerprint density at radius 3 is 2.32 bits per heavy atom. The molecule has 1 aliphatic heterocycles. The van der Waals surface area contributed by atoms with E-state index in [0.29, 0.717) is 29.8 Å². The highest BCUT2D eigenvalue weighted by Crippen LogP contribution is 2.38. The van der Waals surface area contributed by atoms with Crippen molar-refractivity contribution in [1.29, 1.82) is 0 Å². The van der Waals surface area contributed by atoms with E-state index in [4.69, 9.17) is 19.2 Å². The minimum Gasteiger partial charge on any atom is -0.497 e. The summed E-state index contributed by atoms with van der Waals surface area (Å²) in [6.45, 7) is 7.49. The SMILES string of the molecule is CCOc1ccc2ccc(OCC)c(/C=C3/SC(=Nc4ccc(OC)cc4)N(CC)C3=O)c2c1. The second-order valence-electron chi connectivity index (χ2n) is 7.48. The van der Waals surface area contributed by atoms with Gasteiger partial charge in [0.1, 0.15) is 17.2 Å². The summed E-state index contributed by atoms with van der Waals surface area (Å²) in [4.78, 5) is 20.3. The number of benzene rings is 3. The van der Waals surface area contributed by atoms with Crippen LogP contribution in [0.1, 0.15) is 26.3 Å². The second-order valence-corrected chi connectivity index (χ2v) is 8.49. The van der Waals surface area contributed by atoms with Crippen LogP contribution in [0.5, 0.6) is 17.2 Å². The lowest BCUT2D eigenvalue weighted by Crippen LogP contribution is -2.28. The molecule has 0 N–H and O–H groups in total. The van der Waals surface area contributed by atoms with Crippen molar-refractivity contribution in [2.24, 2.45) is 4.99 Å². The number of thioether (sulfide) groups is 1. The zero-order valence-electron chi connectivity index (χ0n) is 19.8. The monoisotopic (exact) mass is 476 g/mol. The maximum atomic E-state index is 13.3. The van der Waals surface area contributed by atoms with Crippen LogP contribution in [0.15, 0.2) is 64.5 Å². The third kappa shape index (κ3) is 4.89. The van der Waals surface area contributed by atoms with Gasteiger partial charge in [-0.05, 0) is 91.8 Å². The summed E-state index contributed by atoms with van der Waals surface area (Å²) in [5.74, 6) is 2.21. The fourth-order valence-corrected chi connectivity index (χ4v) is 4.80. The van der Waals surface area contributed by atoms with Crippen molar-refractivity contribution in [3.8, 4) is 17.2 Å². The number of ether oxygens (including phenoxy) is 3. The Morgan fingerprint density at radius 2 is 1.65 bits per heavy atom. The lowest BCUT2D eigenvalue weighted by atomic mass is 10.0. The molecule has 6 nitrogen and oxygen atoms in total. The maximum Gasteiger partial charge on any atom is 0.266 e. The number of fused-ring (bicyclic) bond motifs is 1. The first-order valence-corrected chi connectivity index (χ1v) is 12.2. The van der Waals surface area contributed by atoms with Crippen molar-refractivity contribution in [3.05, 3.63) is 65.1 Å². The molecule has 0 aliphatic carbocycles. The quantitative estimate of drug-likeness (QED) is 0.359. The van der Waals surface area contributed by atoms with Crippen LogP contribution in [0, 0.1) is 0 Å². The molecule has 3 aromatic carbocycles. The van der Waals surface area contributed by atoms with Gasteiger partial charge < -0.3 is 14.2 Å². The highest BCUT2D eigenvalue weighted by atomic mass is 32.2. The van der Waals surface area contributed by atoms with E-state index in [1.54, 1.807) is 12.0 Å². The smallest absolute Gasteiger partial charge is 0.266 e. The van der Waals surface area contributed by atoms with Crippen LogP contribution in [0.2, 0.25) is 0 Å². The van der Waals surface area contributed by atoms with Crippen LogP contribution in [0.4, 0.5) is 5.69 Å². The van der Waals surface area contributed by atoms with Gasteiger partial charge in [-0.2, -0.15) is 0 Å². The van der Waals surface area contributed by atoms with Crippen molar-refractivity contribution >= 4 is 45.4 Å². The number of likely N-dealkylation sites (N-methyl/N-ethyl adjacent to an activating group) is 1. The lowest BCUT2D eigenvalue weighted by Gasteiger charge is -2.13. The van der Waals surface area contributed by atoms with Crippen LogP contribution in [0.3, 0.4) is 0 Å². The Morgan fingerprint density at radius 1 is 0.941 bits per heavy atom. The predicted octanol–water partition coefficient (Wildman–Crippen LogP) is 6.27. The topological polar surface area (TPSA) is 60.4 Å². The summed E-state index contributed by atoms with van der Waals surface area (Å²) >= 11 is 1.37. The number of aliphatic imine (C=N–C) groups is 1. The second kappa shape index (κ2) is 10.7. The summed E-state index contributed by atoms with van der Waals surface area (Å²) in [5.41, 5.74) is 1.62. The number of hydrogen-bond donors (Lipinski definition) is 0. The van der Waals surface area contributed by atoms with Crippen molar-refractivity contribution in [3.63, 3.8) is 0 Å². The molecule has 1 aliphatic rings. The van der Waals surface area contributed by atoms with E-state index in [-0.39, 0.29) is 5.91 Å². The van der Waals surface area contributed by atoms with Crippen LogP contribution in [-0.4, -0.2) is 42.8 Å². The number of carbonyl (C=O) groups excluding carboxylic acids is 1. The number of amides is 1. The minimum atomic E-state index is -0.0693. The Bertz CT molecular complexity index is 1250. The molecule has 7 heteroatoms. The average molecular weight is 477 g/mol. The molecule has 176 valence electrons. The van der Waals surface area contributed by atoms with Gasteiger partial charge in [-0.1, -0.05) is 12.1 Å². The van der Waals surface area contributed by atoms with E-state index in [0.717, 1.165) is 39.3 Å². The third-order valence-corrected chi connectivity index (χ3v) is 6.39. The Balaban J connectivity index is 1.78. The van der Waals surface area contributed by atoms with Crippen molar-refractivity contribution in [1.82, 2.24) is 4.90 Å². The lowest BCUT2D eigenvalue weighted by molar-refractivity contribution is -0.122. The molecule has 4 rings (SSSR count). The van der Waals surface area contributed by atoms with E-state index in [2.05, 4.69) is 0 Å². The normalized spacial score (nSPS) is 16.0. The first kappa shape index (κ1) is 23.7. The van der Waals surface area contributed by atoms with Crippen molar-refractivity contribution in [2.45, 2.75) is 20.8 Å². The first-order chi connectivity index (χ1) is 16.6. The summed E-state index contributed by atoms with van der Waals surface area (Å²) in [6.07, 6.45) is 1.91. The van der Waals surface area contributed by atoms with Gasteiger partial charge in [0.2, 0.25) is 0 Å². The number of methoxy groups -OCH3 is 1. The van der Waals surface area contributed by atoms with Crippen LogP contribution in [0.25, 0.3) is 16.8 Å². The third-order valence-electron chi connectivity index (χ3n) is 5.38. The summed E-state index contributed by atoms with van der Waals surface area (Å²) in [6, 6.07) is 17.4. The van der Waals surface area contributed by atoms with Gasteiger partial charge in [0.25, 0.3) is 5.91 Å². The maximum absolute atomic E-state index is 13.3. The molecule has 0 unspecified atom stereocenters. The molecule has 0 aromatic heterocycles. The van der Waals surface area contributed by atoms with E-state index in [9.17, 15) is 4.79 Å². The Labute approximate surface area is 204 Å². The summed E-state index contributed by atoms with van der Waals surface area (Å²) in [5, 5.41) is 2.67. The zero-order valence-corrected chi connectivity index (χ0v) is 20.6. The van der Waals surface area contributed by atoms with Crippen LogP contribution in [-0.2, 0) is 4.79 Å². The highest BCUT2D eigenvalue weighted by Gasteiger charge is 2.32. The van der Waals surface area contributed by atoms with E-state index >= 15 is 0 Å². The molecule has 0 spiro atoms. The summed E-state index contributed by atoms with van der Waals surface area (Å²) in [7, 11) is 1.63. The van der Waals surface area contributed by atoms with Crippen LogP contribution < -0.4 is 14.2 Å². The van der Waals surface area contributed by atoms with E-state index in [1.165, 1.54) is 11.8 Å². The fourth-order valence-electron chi connectivity index (χ4n) is 3.76. The first-order valence-electron chi connectivity index (χ1n) is 11.3. The van der Waals surface area contributed by atoms with Crippen molar-refractivity contribution < 1.29 is 19.0 Å². The molecular formula is C27H28N2O4S. The van der Waals surface area contributed by atoms with Gasteiger partial charge in [0.15, 0.2) is 5.17 Å². The fraction of sp³-hybridized carbons (Fsp3) is 0.259. The molecule has 1 heterocycles. The molecule has 0 saturated carbocycles. The highest BCUT2D eigenvalue weighted by molar-refractivity contribution is 8.18. The molecule has 0 atom stereocenters. The standard InChI is InChI=1S/C27H28N2O4S/c1-5-29-26(30)25(34-27(29)28-19-10-13-20(31-4)14-11-19)17-23-22-16-21(32-6-2)12-8-18(22)9-15-24(23)33-7-3/h8-17H,5-7H2,1-4H3/b25-17+,28-27?. The van der Waals surface area contributed by atoms with Crippen LogP contribution >= 0.6 is 11.8 Å². The molecular weight excluding hydrogens is 448 g/mol. The summed E-state index contributed by atoms with van der Waals surface area (Å²) < 4.78 is 16.9. The number of rotatable bonds is 8. The number of carbonyl (C=O) groups is 1.